The molecule has 1 rings (SSSR count). The molecule has 0 bridgehead atoms. The zero-order valence-corrected chi connectivity index (χ0v) is 12.3. The maximum absolute atomic E-state index is 2.40. The molecule has 0 N–H and O–H groups in total. The third-order valence-electron chi connectivity index (χ3n) is 2.80. The van der Waals surface area contributed by atoms with Crippen molar-refractivity contribution in [3.05, 3.63) is 29.8 Å². The minimum atomic E-state index is -0.796. The van der Waals surface area contributed by atoms with Gasteiger partial charge < -0.3 is 0 Å². The fraction of sp³-hybridized carbons (Fsp3) is 0.571. The molecule has 0 saturated carbocycles. The van der Waals surface area contributed by atoms with Gasteiger partial charge in [-0.3, -0.25) is 0 Å². The summed E-state index contributed by atoms with van der Waals surface area (Å²) in [7, 11) is 0. The fourth-order valence-electron chi connectivity index (χ4n) is 1.87. The zero-order chi connectivity index (χ0) is 11.3. The van der Waals surface area contributed by atoms with Gasteiger partial charge in [-0.2, -0.15) is 0 Å². The van der Waals surface area contributed by atoms with Gasteiger partial charge in [0, 0.05) is 0 Å². The predicted octanol–water partition coefficient (Wildman–Crippen LogP) is 3.91. The van der Waals surface area contributed by atoms with Crippen molar-refractivity contribution in [2.45, 2.75) is 50.5 Å². The summed E-state index contributed by atoms with van der Waals surface area (Å²) >= 11 is -0.796. The number of hydrogen-bond acceptors (Lipinski definition) is 0. The van der Waals surface area contributed by atoms with Crippen LogP contribution in [0.25, 0.3) is 0 Å². The maximum atomic E-state index is 2.40. The summed E-state index contributed by atoms with van der Waals surface area (Å²) in [6, 6.07) is 9.00. The molecule has 0 radical (unpaired) electrons. The Bertz CT molecular complexity index is 291. The molecule has 0 spiro atoms. The molecule has 0 aliphatic heterocycles. The van der Waals surface area contributed by atoms with Gasteiger partial charge >= 0.3 is 99.3 Å². The second-order valence-corrected chi connectivity index (χ2v) is 10.5. The molecule has 0 fully saturated rings. The summed E-state index contributed by atoms with van der Waals surface area (Å²) in [6.45, 7) is 9.38. The van der Waals surface area contributed by atoms with Gasteiger partial charge in [0.1, 0.15) is 0 Å². The van der Waals surface area contributed by atoms with E-state index in [0.717, 1.165) is 4.71 Å². The normalized spacial score (nSPS) is 13.1. The Morgan fingerprint density at radius 1 is 1.20 bits per heavy atom. The second kappa shape index (κ2) is 6.38. The van der Waals surface area contributed by atoms with E-state index in [1.807, 2.05) is 0 Å². The molecule has 0 aromatic heterocycles. The molecule has 1 unspecified atom stereocenters. The average Bonchev–Trinajstić information content (AvgIpc) is 2.20. The summed E-state index contributed by atoms with van der Waals surface area (Å²) in [5.41, 5.74) is 1.52. The first-order valence-corrected chi connectivity index (χ1v) is 9.34. The molecule has 15 heavy (non-hydrogen) atoms. The molecule has 1 heteroatoms. The molecule has 0 aliphatic carbocycles. The third kappa shape index (κ3) is 3.68. The number of aryl methyl sites for hydroxylation is 1. The molecule has 1 atom stereocenters. The van der Waals surface area contributed by atoms with E-state index >= 15 is 0 Å². The first kappa shape index (κ1) is 12.8. The van der Waals surface area contributed by atoms with Crippen LogP contribution in [0.2, 0.25) is 9.91 Å². The van der Waals surface area contributed by atoms with Crippen molar-refractivity contribution in [2.75, 3.05) is 0 Å². The van der Waals surface area contributed by atoms with Gasteiger partial charge in [0.05, 0.1) is 0 Å². The number of hydrogen-bond donors (Lipinski definition) is 0. The van der Waals surface area contributed by atoms with Gasteiger partial charge in [-0.15, -0.1) is 0 Å². The van der Waals surface area contributed by atoms with Crippen LogP contribution < -0.4 is 4.35 Å². The van der Waals surface area contributed by atoms with Crippen molar-refractivity contribution in [3.8, 4) is 0 Å². The molecule has 84 valence electrons. The van der Waals surface area contributed by atoms with Crippen LogP contribution in [0.4, 0.5) is 0 Å². The van der Waals surface area contributed by atoms with Crippen molar-refractivity contribution in [2.24, 2.45) is 0 Å². The Labute approximate surface area is 99.4 Å². The summed E-state index contributed by atoms with van der Waals surface area (Å²) in [4.78, 5) is 0. The van der Waals surface area contributed by atoms with Gasteiger partial charge in [-0.05, 0) is 0 Å². The predicted molar refractivity (Wildman–Crippen MR) is 71.4 cm³/mol. The topological polar surface area (TPSA) is 0 Å². The minimum absolute atomic E-state index is 0.796. The van der Waals surface area contributed by atoms with Crippen LogP contribution in [0.3, 0.4) is 0 Å². The summed E-state index contributed by atoms with van der Waals surface area (Å²) in [5, 5.41) is 1.48. The molecule has 0 saturated heterocycles. The van der Waals surface area contributed by atoms with E-state index < -0.39 is 14.7 Å². The molecule has 0 amide bonds. The van der Waals surface area contributed by atoms with Gasteiger partial charge in [0.15, 0.2) is 0 Å². The first-order chi connectivity index (χ1) is 7.16. The van der Waals surface area contributed by atoms with E-state index in [2.05, 4.69) is 52.0 Å². The van der Waals surface area contributed by atoms with Gasteiger partial charge in [-0.25, -0.2) is 0 Å². The number of unbranched alkanes of at least 4 members (excludes halogenated alkanes) is 1. The van der Waals surface area contributed by atoms with E-state index in [1.165, 1.54) is 23.6 Å². The number of benzene rings is 1. The first-order valence-electron chi connectivity index (χ1n) is 5.99. The van der Waals surface area contributed by atoms with Crippen molar-refractivity contribution in [1.82, 2.24) is 0 Å². The van der Waals surface area contributed by atoms with Crippen LogP contribution in [0.5, 0.6) is 0 Å². The van der Waals surface area contributed by atoms with Gasteiger partial charge in [-0.1, -0.05) is 0 Å². The Morgan fingerprint density at radius 3 is 2.40 bits per heavy atom. The Balaban J connectivity index is 2.84. The van der Waals surface area contributed by atoms with Crippen LogP contribution in [0.1, 0.15) is 39.2 Å². The van der Waals surface area contributed by atoms with E-state index in [1.54, 1.807) is 4.35 Å². The van der Waals surface area contributed by atoms with Crippen molar-refractivity contribution in [3.63, 3.8) is 0 Å². The molecular formula is C14H23As. The molecule has 0 aliphatic rings. The van der Waals surface area contributed by atoms with Crippen molar-refractivity contribution in [1.29, 1.82) is 0 Å². The van der Waals surface area contributed by atoms with Crippen LogP contribution >= 0.6 is 0 Å². The van der Waals surface area contributed by atoms with Crippen molar-refractivity contribution >= 4 is 19.0 Å². The van der Waals surface area contributed by atoms with E-state index in [9.17, 15) is 0 Å². The van der Waals surface area contributed by atoms with E-state index in [4.69, 9.17) is 0 Å². The summed E-state index contributed by atoms with van der Waals surface area (Å²) in [6.07, 6.45) is 2.75. The molecule has 1 aromatic carbocycles. The SMILES string of the molecule is CCCC[As](c1ccccc1C)C(C)C. The fourth-order valence-corrected chi connectivity index (χ4v) is 7.69. The Hall–Kier alpha value is -0.222. The third-order valence-corrected chi connectivity index (χ3v) is 9.44. The Morgan fingerprint density at radius 2 is 1.87 bits per heavy atom. The molecule has 1 aromatic rings. The summed E-state index contributed by atoms with van der Waals surface area (Å²) in [5.74, 6) is 0. The Kier molecular flexibility index (Phi) is 5.46. The molecular weight excluding hydrogens is 243 g/mol. The molecule has 0 nitrogen and oxygen atoms in total. The van der Waals surface area contributed by atoms with Gasteiger partial charge in [0.2, 0.25) is 0 Å². The van der Waals surface area contributed by atoms with Gasteiger partial charge in [0.25, 0.3) is 0 Å². The van der Waals surface area contributed by atoms with Crippen LogP contribution in [-0.4, -0.2) is 14.7 Å². The monoisotopic (exact) mass is 266 g/mol. The van der Waals surface area contributed by atoms with Crippen molar-refractivity contribution < 1.29 is 0 Å². The molecule has 0 heterocycles. The van der Waals surface area contributed by atoms with Crippen LogP contribution in [0, 0.1) is 6.92 Å². The second-order valence-electron chi connectivity index (χ2n) is 4.43. The number of rotatable bonds is 5. The standard InChI is InChI=1S/C14H23As/c1-5-6-11-15(12(2)3)14-10-8-7-9-13(14)4/h7-10,12H,5-6,11H2,1-4H3. The zero-order valence-electron chi connectivity index (χ0n) is 10.5. The summed E-state index contributed by atoms with van der Waals surface area (Å²) < 4.78 is 2.60. The quantitative estimate of drug-likeness (QED) is 0.709. The van der Waals surface area contributed by atoms with Crippen LogP contribution in [0.15, 0.2) is 24.3 Å². The van der Waals surface area contributed by atoms with E-state index in [-0.39, 0.29) is 0 Å². The average molecular weight is 266 g/mol. The van der Waals surface area contributed by atoms with Crippen LogP contribution in [-0.2, 0) is 0 Å². The van der Waals surface area contributed by atoms with E-state index in [0.29, 0.717) is 0 Å².